The van der Waals surface area contributed by atoms with E-state index >= 15 is 0 Å². The molecular weight excluding hydrogens is 194 g/mol. The monoisotopic (exact) mass is 213 g/mol. The first-order chi connectivity index (χ1) is 7.22. The number of rotatable bonds is 3. The molecule has 4 heteroatoms. The van der Waals surface area contributed by atoms with Crippen molar-refractivity contribution < 1.29 is 14.3 Å². The second-order valence-electron chi connectivity index (χ2n) is 4.45. The molecule has 0 bridgehead atoms. The highest BCUT2D eigenvalue weighted by molar-refractivity contribution is 5.76. The summed E-state index contributed by atoms with van der Waals surface area (Å²) < 4.78 is 10.3. The number of likely N-dealkylation sites (tertiary alicyclic amines) is 1. The standard InChI is InChI=1S/C11H19NO3/c1-8-9(4-6-15-8)7-12-5-3-10(12)11(13)14-2/h8-10H,3-7H2,1-2H3. The number of carbonyl (C=O) groups is 1. The molecule has 2 heterocycles. The van der Waals surface area contributed by atoms with Gasteiger partial charge in [-0.1, -0.05) is 0 Å². The van der Waals surface area contributed by atoms with Gasteiger partial charge in [-0.25, -0.2) is 0 Å². The number of ether oxygens (including phenoxy) is 2. The fraction of sp³-hybridized carbons (Fsp3) is 0.909. The van der Waals surface area contributed by atoms with E-state index in [1.165, 1.54) is 7.11 Å². The lowest BCUT2D eigenvalue weighted by molar-refractivity contribution is -0.152. The molecule has 3 unspecified atom stereocenters. The smallest absolute Gasteiger partial charge is 0.323 e. The van der Waals surface area contributed by atoms with Crippen molar-refractivity contribution >= 4 is 5.97 Å². The summed E-state index contributed by atoms with van der Waals surface area (Å²) in [6.07, 6.45) is 2.39. The predicted octanol–water partition coefficient (Wildman–Crippen LogP) is 0.659. The van der Waals surface area contributed by atoms with Gasteiger partial charge in [0.05, 0.1) is 13.2 Å². The van der Waals surface area contributed by atoms with Crippen molar-refractivity contribution in [3.63, 3.8) is 0 Å². The molecule has 0 saturated carbocycles. The molecule has 86 valence electrons. The van der Waals surface area contributed by atoms with Gasteiger partial charge in [-0.05, 0) is 25.7 Å². The topological polar surface area (TPSA) is 38.8 Å². The van der Waals surface area contributed by atoms with Gasteiger partial charge in [0, 0.05) is 19.7 Å². The first-order valence-electron chi connectivity index (χ1n) is 5.66. The van der Waals surface area contributed by atoms with Gasteiger partial charge in [0.15, 0.2) is 0 Å². The summed E-state index contributed by atoms with van der Waals surface area (Å²) in [6, 6.07) is 0.00259. The highest BCUT2D eigenvalue weighted by atomic mass is 16.5. The van der Waals surface area contributed by atoms with Crippen LogP contribution >= 0.6 is 0 Å². The van der Waals surface area contributed by atoms with Crippen LogP contribution in [-0.4, -0.2) is 49.8 Å². The van der Waals surface area contributed by atoms with Crippen molar-refractivity contribution in [3.8, 4) is 0 Å². The molecule has 0 aliphatic carbocycles. The maximum Gasteiger partial charge on any atom is 0.323 e. The van der Waals surface area contributed by atoms with Gasteiger partial charge in [0.1, 0.15) is 6.04 Å². The summed E-state index contributed by atoms with van der Waals surface area (Å²) >= 11 is 0. The van der Waals surface area contributed by atoms with E-state index < -0.39 is 0 Å². The van der Waals surface area contributed by atoms with E-state index in [0.29, 0.717) is 12.0 Å². The Morgan fingerprint density at radius 1 is 1.53 bits per heavy atom. The van der Waals surface area contributed by atoms with Gasteiger partial charge in [0.25, 0.3) is 0 Å². The average Bonchev–Trinajstić information content (AvgIpc) is 2.58. The molecule has 0 aromatic carbocycles. The number of hydrogen-bond donors (Lipinski definition) is 0. The lowest BCUT2D eigenvalue weighted by Crippen LogP contribution is -2.54. The first kappa shape index (κ1) is 10.9. The molecule has 4 nitrogen and oxygen atoms in total. The fourth-order valence-electron chi connectivity index (χ4n) is 2.38. The van der Waals surface area contributed by atoms with Crippen molar-refractivity contribution in [1.82, 2.24) is 4.90 Å². The fourth-order valence-corrected chi connectivity index (χ4v) is 2.38. The van der Waals surface area contributed by atoms with Crippen LogP contribution in [0.15, 0.2) is 0 Å². The Kier molecular flexibility index (Phi) is 3.26. The normalized spacial score (nSPS) is 36.3. The third-order valence-corrected chi connectivity index (χ3v) is 3.61. The number of nitrogens with zero attached hydrogens (tertiary/aromatic N) is 1. The Labute approximate surface area is 90.5 Å². The molecule has 0 N–H and O–H groups in total. The van der Waals surface area contributed by atoms with E-state index in [-0.39, 0.29) is 12.0 Å². The van der Waals surface area contributed by atoms with Crippen LogP contribution in [0.5, 0.6) is 0 Å². The summed E-state index contributed by atoms with van der Waals surface area (Å²) in [5, 5.41) is 0. The molecule has 2 aliphatic rings. The molecule has 2 aliphatic heterocycles. The summed E-state index contributed by atoms with van der Waals surface area (Å²) in [5.41, 5.74) is 0. The second-order valence-corrected chi connectivity index (χ2v) is 4.45. The Morgan fingerprint density at radius 2 is 2.33 bits per heavy atom. The predicted molar refractivity (Wildman–Crippen MR) is 55.5 cm³/mol. The summed E-state index contributed by atoms with van der Waals surface area (Å²) in [6.45, 7) is 4.97. The molecule has 2 rings (SSSR count). The SMILES string of the molecule is COC(=O)C1CCN1CC1CCOC1C. The van der Waals surface area contributed by atoms with Crippen LogP contribution in [0, 0.1) is 5.92 Å². The molecule has 0 aromatic rings. The van der Waals surface area contributed by atoms with E-state index in [1.54, 1.807) is 0 Å². The van der Waals surface area contributed by atoms with Crippen LogP contribution in [0.3, 0.4) is 0 Å². The van der Waals surface area contributed by atoms with E-state index in [1.807, 2.05) is 0 Å². The molecule has 0 amide bonds. The van der Waals surface area contributed by atoms with Crippen LogP contribution in [0.1, 0.15) is 19.8 Å². The molecule has 0 radical (unpaired) electrons. The van der Waals surface area contributed by atoms with Crippen LogP contribution in [0.2, 0.25) is 0 Å². The number of carbonyl (C=O) groups excluding carboxylic acids is 1. The van der Waals surface area contributed by atoms with Crippen molar-refractivity contribution in [2.75, 3.05) is 26.8 Å². The second kappa shape index (κ2) is 4.49. The van der Waals surface area contributed by atoms with E-state index in [4.69, 9.17) is 9.47 Å². The quantitative estimate of drug-likeness (QED) is 0.646. The lowest BCUT2D eigenvalue weighted by Gasteiger charge is -2.40. The van der Waals surface area contributed by atoms with Crippen molar-refractivity contribution in [2.45, 2.75) is 31.9 Å². The first-order valence-corrected chi connectivity index (χ1v) is 5.66. The van der Waals surface area contributed by atoms with Gasteiger partial charge < -0.3 is 9.47 Å². The van der Waals surface area contributed by atoms with Crippen LogP contribution in [0.25, 0.3) is 0 Å². The maximum absolute atomic E-state index is 11.4. The van der Waals surface area contributed by atoms with Crippen LogP contribution in [0.4, 0.5) is 0 Å². The highest BCUT2D eigenvalue weighted by Gasteiger charge is 2.38. The Morgan fingerprint density at radius 3 is 2.80 bits per heavy atom. The molecule has 2 saturated heterocycles. The van der Waals surface area contributed by atoms with Gasteiger partial charge in [0.2, 0.25) is 0 Å². The van der Waals surface area contributed by atoms with Crippen LogP contribution < -0.4 is 0 Å². The molecule has 2 fully saturated rings. The lowest BCUT2D eigenvalue weighted by atomic mass is 9.96. The Balaban J connectivity index is 1.82. The summed E-state index contributed by atoms with van der Waals surface area (Å²) in [7, 11) is 1.46. The third kappa shape index (κ3) is 2.16. The Bertz CT molecular complexity index is 244. The number of hydrogen-bond acceptors (Lipinski definition) is 4. The zero-order valence-corrected chi connectivity index (χ0v) is 9.44. The third-order valence-electron chi connectivity index (χ3n) is 3.61. The number of esters is 1. The summed E-state index contributed by atoms with van der Waals surface area (Å²) in [5.74, 6) is 0.491. The van der Waals surface area contributed by atoms with E-state index in [0.717, 1.165) is 32.5 Å². The van der Waals surface area contributed by atoms with E-state index in [9.17, 15) is 4.79 Å². The van der Waals surface area contributed by atoms with Crippen molar-refractivity contribution in [2.24, 2.45) is 5.92 Å². The minimum atomic E-state index is -0.0900. The van der Waals surface area contributed by atoms with E-state index in [2.05, 4.69) is 11.8 Å². The molecule has 15 heavy (non-hydrogen) atoms. The molecule has 3 atom stereocenters. The molecule has 0 spiro atoms. The van der Waals surface area contributed by atoms with Gasteiger partial charge in [-0.15, -0.1) is 0 Å². The largest absolute Gasteiger partial charge is 0.468 e. The van der Waals surface area contributed by atoms with Crippen LogP contribution in [-0.2, 0) is 14.3 Å². The van der Waals surface area contributed by atoms with Gasteiger partial charge >= 0.3 is 5.97 Å². The minimum absolute atomic E-state index is 0.00259. The van der Waals surface area contributed by atoms with Gasteiger partial charge in [-0.3, -0.25) is 9.69 Å². The average molecular weight is 213 g/mol. The van der Waals surface area contributed by atoms with Crippen molar-refractivity contribution in [3.05, 3.63) is 0 Å². The zero-order chi connectivity index (χ0) is 10.8. The number of methoxy groups -OCH3 is 1. The van der Waals surface area contributed by atoms with Gasteiger partial charge in [-0.2, -0.15) is 0 Å². The highest BCUT2D eigenvalue weighted by Crippen LogP contribution is 2.26. The van der Waals surface area contributed by atoms with Crippen molar-refractivity contribution in [1.29, 1.82) is 0 Å². The summed E-state index contributed by atoms with van der Waals surface area (Å²) in [4.78, 5) is 13.6. The maximum atomic E-state index is 11.4. The molecular formula is C11H19NO3. The Hall–Kier alpha value is -0.610. The zero-order valence-electron chi connectivity index (χ0n) is 9.44. The minimum Gasteiger partial charge on any atom is -0.468 e. The molecule has 0 aromatic heterocycles.